The Morgan fingerprint density at radius 2 is 1.97 bits per heavy atom. The van der Waals surface area contributed by atoms with E-state index in [0.717, 1.165) is 6.07 Å². The molecule has 0 spiro atoms. The zero-order valence-corrected chi connectivity index (χ0v) is 17.3. The fourth-order valence-corrected chi connectivity index (χ4v) is 4.90. The van der Waals surface area contributed by atoms with Crippen molar-refractivity contribution in [2.24, 2.45) is 5.92 Å². The second-order valence-electron chi connectivity index (χ2n) is 6.85. The average Bonchev–Trinajstić information content (AvgIpc) is 2.75. The molecule has 0 aromatic heterocycles. The van der Waals surface area contributed by atoms with E-state index in [2.05, 4.69) is 5.32 Å². The highest BCUT2D eigenvalue weighted by atomic mass is 32.2. The van der Waals surface area contributed by atoms with Gasteiger partial charge in [-0.25, -0.2) is 12.8 Å². The molecule has 7 nitrogen and oxygen atoms in total. The number of sulfonamides is 1. The molecule has 1 saturated heterocycles. The molecule has 1 N–H and O–H groups in total. The van der Waals surface area contributed by atoms with Gasteiger partial charge in [-0.3, -0.25) is 4.79 Å². The molecule has 0 atom stereocenters. The molecule has 0 aliphatic carbocycles. The number of piperidine rings is 1. The number of hydrogen-bond acceptors (Lipinski definition) is 5. The topological polar surface area (TPSA) is 99.5 Å². The maximum absolute atomic E-state index is 13.9. The Hall–Kier alpha value is -2.96. The molecule has 9 heteroatoms. The number of nitriles is 1. The molecule has 0 radical (unpaired) electrons. The van der Waals surface area contributed by atoms with E-state index in [1.807, 2.05) is 13.0 Å². The molecule has 0 bridgehead atoms. The summed E-state index contributed by atoms with van der Waals surface area (Å²) < 4.78 is 46.1. The number of carbonyl (C=O) groups excluding carboxylic acids is 1. The molecular weight excluding hydrogens is 409 g/mol. The Morgan fingerprint density at radius 3 is 2.60 bits per heavy atom. The minimum absolute atomic E-state index is 0.116. The lowest BCUT2D eigenvalue weighted by molar-refractivity contribution is -0.120. The number of benzene rings is 2. The van der Waals surface area contributed by atoms with Crippen molar-refractivity contribution in [3.8, 4) is 11.8 Å². The summed E-state index contributed by atoms with van der Waals surface area (Å²) in [4.78, 5) is 12.4. The van der Waals surface area contributed by atoms with E-state index >= 15 is 0 Å². The van der Waals surface area contributed by atoms with Crippen molar-refractivity contribution in [1.82, 2.24) is 4.31 Å². The predicted octanol–water partition coefficient (Wildman–Crippen LogP) is 3.14. The molecule has 1 heterocycles. The normalized spacial score (nSPS) is 15.4. The van der Waals surface area contributed by atoms with Crippen molar-refractivity contribution in [3.63, 3.8) is 0 Å². The van der Waals surface area contributed by atoms with Crippen LogP contribution in [0.1, 0.15) is 25.3 Å². The maximum atomic E-state index is 13.9. The molecule has 3 rings (SSSR count). The van der Waals surface area contributed by atoms with Crippen LogP contribution in [-0.2, 0) is 14.8 Å². The first-order valence-electron chi connectivity index (χ1n) is 9.59. The monoisotopic (exact) mass is 431 g/mol. The highest BCUT2D eigenvalue weighted by molar-refractivity contribution is 7.89. The quantitative estimate of drug-likeness (QED) is 0.758. The van der Waals surface area contributed by atoms with Gasteiger partial charge in [0.25, 0.3) is 0 Å². The van der Waals surface area contributed by atoms with Crippen LogP contribution in [0.3, 0.4) is 0 Å². The van der Waals surface area contributed by atoms with Crippen LogP contribution in [0, 0.1) is 23.1 Å². The zero-order valence-electron chi connectivity index (χ0n) is 16.5. The number of hydrogen-bond donors (Lipinski definition) is 1. The lowest BCUT2D eigenvalue weighted by Crippen LogP contribution is -2.41. The van der Waals surface area contributed by atoms with Crippen LogP contribution in [0.5, 0.6) is 5.75 Å². The number of ether oxygens (including phenoxy) is 1. The molecule has 0 saturated carbocycles. The second kappa shape index (κ2) is 9.24. The van der Waals surface area contributed by atoms with Gasteiger partial charge >= 0.3 is 0 Å². The van der Waals surface area contributed by atoms with Crippen LogP contribution in [0.25, 0.3) is 0 Å². The number of nitrogens with zero attached hydrogens (tertiary/aromatic N) is 2. The molecule has 1 amide bonds. The molecule has 2 aromatic rings. The Bertz CT molecular complexity index is 1070. The first-order chi connectivity index (χ1) is 14.4. The van der Waals surface area contributed by atoms with Gasteiger partial charge in [-0.05, 0) is 50.1 Å². The Balaban J connectivity index is 1.68. The van der Waals surface area contributed by atoms with Crippen molar-refractivity contribution in [2.75, 3.05) is 25.0 Å². The van der Waals surface area contributed by atoms with Crippen molar-refractivity contribution < 1.29 is 22.3 Å². The van der Waals surface area contributed by atoms with Gasteiger partial charge in [0, 0.05) is 19.0 Å². The third-order valence-electron chi connectivity index (χ3n) is 4.95. The largest absolute Gasteiger partial charge is 0.492 e. The summed E-state index contributed by atoms with van der Waals surface area (Å²) in [6.07, 6.45) is 0.614. The van der Waals surface area contributed by atoms with Crippen LogP contribution in [0.2, 0.25) is 0 Å². The molecule has 30 heavy (non-hydrogen) atoms. The molecule has 1 aliphatic rings. The minimum Gasteiger partial charge on any atom is -0.492 e. The fraction of sp³-hybridized carbons (Fsp3) is 0.333. The van der Waals surface area contributed by atoms with Crippen molar-refractivity contribution in [3.05, 3.63) is 53.8 Å². The lowest BCUT2D eigenvalue weighted by Gasteiger charge is -2.30. The van der Waals surface area contributed by atoms with Crippen LogP contribution in [0.15, 0.2) is 47.4 Å². The van der Waals surface area contributed by atoms with Gasteiger partial charge in [-0.2, -0.15) is 9.57 Å². The molecule has 1 fully saturated rings. The number of rotatable bonds is 6. The summed E-state index contributed by atoms with van der Waals surface area (Å²) in [5, 5.41) is 11.9. The third kappa shape index (κ3) is 4.61. The molecule has 1 aliphatic heterocycles. The second-order valence-corrected chi connectivity index (χ2v) is 8.76. The number of nitrogens with one attached hydrogen (secondary N) is 1. The predicted molar refractivity (Wildman–Crippen MR) is 109 cm³/mol. The van der Waals surface area contributed by atoms with Crippen molar-refractivity contribution >= 4 is 21.6 Å². The number of amides is 1. The Labute approximate surface area is 175 Å². The van der Waals surface area contributed by atoms with E-state index < -0.39 is 21.8 Å². The summed E-state index contributed by atoms with van der Waals surface area (Å²) in [7, 11) is -3.95. The summed E-state index contributed by atoms with van der Waals surface area (Å²) >= 11 is 0. The first-order valence-corrected chi connectivity index (χ1v) is 11.0. The van der Waals surface area contributed by atoms with Crippen LogP contribution in [-0.4, -0.2) is 38.3 Å². The van der Waals surface area contributed by atoms with Gasteiger partial charge in [0.15, 0.2) is 0 Å². The highest BCUT2D eigenvalue weighted by Crippen LogP contribution is 2.29. The van der Waals surface area contributed by atoms with Crippen LogP contribution >= 0.6 is 0 Å². The lowest BCUT2D eigenvalue weighted by atomic mass is 9.97. The van der Waals surface area contributed by atoms with Gasteiger partial charge in [0.1, 0.15) is 16.5 Å². The maximum Gasteiger partial charge on any atom is 0.245 e. The van der Waals surface area contributed by atoms with Gasteiger partial charge < -0.3 is 10.1 Å². The van der Waals surface area contributed by atoms with E-state index in [-0.39, 0.29) is 23.9 Å². The Morgan fingerprint density at radius 1 is 1.27 bits per heavy atom. The first kappa shape index (κ1) is 21.7. The van der Waals surface area contributed by atoms with E-state index in [0.29, 0.717) is 36.4 Å². The number of halogens is 1. The van der Waals surface area contributed by atoms with Crippen LogP contribution in [0.4, 0.5) is 10.1 Å². The number of carbonyl (C=O) groups is 1. The minimum atomic E-state index is -3.95. The van der Waals surface area contributed by atoms with Crippen molar-refractivity contribution in [1.29, 1.82) is 5.26 Å². The summed E-state index contributed by atoms with van der Waals surface area (Å²) in [6.45, 7) is 2.45. The van der Waals surface area contributed by atoms with Crippen molar-refractivity contribution in [2.45, 2.75) is 24.7 Å². The van der Waals surface area contributed by atoms with E-state index in [4.69, 9.17) is 10.00 Å². The van der Waals surface area contributed by atoms with Gasteiger partial charge in [-0.15, -0.1) is 0 Å². The molecule has 158 valence electrons. The van der Waals surface area contributed by atoms with Gasteiger partial charge in [0.2, 0.25) is 15.9 Å². The zero-order chi connectivity index (χ0) is 21.7. The highest BCUT2D eigenvalue weighted by Gasteiger charge is 2.33. The van der Waals surface area contributed by atoms with Gasteiger partial charge in [0.05, 0.1) is 23.9 Å². The van der Waals surface area contributed by atoms with Crippen LogP contribution < -0.4 is 10.1 Å². The average molecular weight is 431 g/mol. The Kier molecular flexibility index (Phi) is 6.70. The molecule has 0 unspecified atom stereocenters. The summed E-state index contributed by atoms with van der Waals surface area (Å²) in [5.74, 6) is -1.01. The number of anilines is 1. The fourth-order valence-electron chi connectivity index (χ4n) is 3.36. The van der Waals surface area contributed by atoms with E-state index in [9.17, 15) is 17.6 Å². The third-order valence-corrected chi connectivity index (χ3v) is 6.88. The SMILES string of the molecule is CCOc1ccc(C#N)cc1NC(=O)C1CCN(S(=O)(=O)c2ccccc2F)CC1. The van der Waals surface area contributed by atoms with E-state index in [1.54, 1.807) is 18.2 Å². The smallest absolute Gasteiger partial charge is 0.245 e. The molecular formula is C21H22FN3O4S. The standard InChI is InChI=1S/C21H22FN3O4S/c1-2-29-19-8-7-15(14-23)13-18(19)24-21(26)16-9-11-25(12-10-16)30(27,28)20-6-4-3-5-17(20)22/h3-8,13,16H,2,9-12H2,1H3,(H,24,26). The summed E-state index contributed by atoms with van der Waals surface area (Å²) in [5.41, 5.74) is 0.793. The van der Waals surface area contributed by atoms with E-state index in [1.165, 1.54) is 22.5 Å². The summed E-state index contributed by atoms with van der Waals surface area (Å²) in [6, 6.07) is 12.0. The van der Waals surface area contributed by atoms with Gasteiger partial charge in [-0.1, -0.05) is 12.1 Å². The molecule has 2 aromatic carbocycles.